The van der Waals surface area contributed by atoms with Gasteiger partial charge in [-0.05, 0) is 6.92 Å². The number of aryl methyl sites for hydroxylation is 1. The summed E-state index contributed by atoms with van der Waals surface area (Å²) in [6, 6.07) is 0. The molecule has 2 aromatic heterocycles. The van der Waals surface area contributed by atoms with Crippen molar-refractivity contribution in [3.05, 3.63) is 35.4 Å². The lowest BCUT2D eigenvalue weighted by Gasteiger charge is -2.05. The topological polar surface area (TPSA) is 35.6 Å². The van der Waals surface area contributed by atoms with E-state index in [1.54, 1.807) is 12.4 Å². The van der Waals surface area contributed by atoms with E-state index in [4.69, 9.17) is 11.6 Å². The average Bonchev–Trinajstić information content (AvgIpc) is 2.68. The number of rotatable bonds is 2. The van der Waals surface area contributed by atoms with Crippen LogP contribution in [0.15, 0.2) is 18.6 Å². The number of aromatic nitrogens is 4. The van der Waals surface area contributed by atoms with Crippen LogP contribution < -0.4 is 0 Å². The summed E-state index contributed by atoms with van der Waals surface area (Å²) < 4.78 is 3.89. The first-order valence-corrected chi connectivity index (χ1v) is 4.70. The van der Waals surface area contributed by atoms with Gasteiger partial charge in [-0.3, -0.25) is 0 Å². The molecule has 0 saturated carbocycles. The van der Waals surface area contributed by atoms with Crippen LogP contribution in [-0.2, 0) is 13.6 Å². The first-order chi connectivity index (χ1) is 6.68. The molecule has 0 fully saturated rings. The standard InChI is InChI=1S/C9H11ClN4/c1-7-11-3-4-14(7)6-9-12-5-8(10)13(9)2/h3-5H,6H2,1-2H3. The van der Waals surface area contributed by atoms with Gasteiger partial charge in [-0.25, -0.2) is 9.97 Å². The Morgan fingerprint density at radius 2 is 2.21 bits per heavy atom. The third-order valence-corrected chi connectivity index (χ3v) is 2.61. The zero-order chi connectivity index (χ0) is 10.1. The Morgan fingerprint density at radius 3 is 2.71 bits per heavy atom. The van der Waals surface area contributed by atoms with Crippen LogP contribution in [0.4, 0.5) is 0 Å². The molecule has 0 bridgehead atoms. The number of halogens is 1. The predicted octanol–water partition coefficient (Wildman–Crippen LogP) is 1.63. The lowest BCUT2D eigenvalue weighted by molar-refractivity contribution is 0.682. The first-order valence-electron chi connectivity index (χ1n) is 4.32. The largest absolute Gasteiger partial charge is 0.328 e. The molecule has 2 aromatic rings. The van der Waals surface area contributed by atoms with E-state index in [0.717, 1.165) is 11.6 Å². The molecular formula is C9H11ClN4. The maximum Gasteiger partial charge on any atom is 0.129 e. The van der Waals surface area contributed by atoms with Crippen LogP contribution in [0.25, 0.3) is 0 Å². The summed E-state index contributed by atoms with van der Waals surface area (Å²) >= 11 is 5.88. The molecular weight excluding hydrogens is 200 g/mol. The second-order valence-electron chi connectivity index (χ2n) is 3.16. The highest BCUT2D eigenvalue weighted by Crippen LogP contribution is 2.10. The fourth-order valence-corrected chi connectivity index (χ4v) is 1.44. The molecule has 0 aliphatic carbocycles. The second kappa shape index (κ2) is 3.46. The third kappa shape index (κ3) is 1.53. The van der Waals surface area contributed by atoms with Crippen molar-refractivity contribution in [1.82, 2.24) is 19.1 Å². The molecule has 0 N–H and O–H groups in total. The van der Waals surface area contributed by atoms with E-state index in [1.165, 1.54) is 0 Å². The average molecular weight is 211 g/mol. The Labute approximate surface area is 87.2 Å². The number of nitrogens with zero attached hydrogens (tertiary/aromatic N) is 4. The van der Waals surface area contributed by atoms with Crippen molar-refractivity contribution in [3.63, 3.8) is 0 Å². The molecule has 0 aliphatic rings. The highest BCUT2D eigenvalue weighted by atomic mass is 35.5. The van der Waals surface area contributed by atoms with Crippen molar-refractivity contribution in [2.45, 2.75) is 13.5 Å². The summed E-state index contributed by atoms with van der Waals surface area (Å²) in [7, 11) is 1.90. The fraction of sp³-hybridized carbons (Fsp3) is 0.333. The minimum atomic E-state index is 0.651. The van der Waals surface area contributed by atoms with Crippen molar-refractivity contribution in [2.24, 2.45) is 7.05 Å². The van der Waals surface area contributed by atoms with Crippen LogP contribution in [0.1, 0.15) is 11.6 Å². The van der Waals surface area contributed by atoms with Gasteiger partial charge in [0, 0.05) is 19.4 Å². The van der Waals surface area contributed by atoms with Gasteiger partial charge in [-0.1, -0.05) is 11.6 Å². The molecule has 0 aromatic carbocycles. The van der Waals surface area contributed by atoms with Crippen LogP contribution in [-0.4, -0.2) is 19.1 Å². The normalized spacial score (nSPS) is 10.8. The van der Waals surface area contributed by atoms with Crippen molar-refractivity contribution >= 4 is 11.6 Å². The van der Waals surface area contributed by atoms with Gasteiger partial charge < -0.3 is 9.13 Å². The Balaban J connectivity index is 2.27. The van der Waals surface area contributed by atoms with Gasteiger partial charge in [0.1, 0.15) is 16.8 Å². The summed E-state index contributed by atoms with van der Waals surface area (Å²) in [4.78, 5) is 8.36. The smallest absolute Gasteiger partial charge is 0.129 e. The van der Waals surface area contributed by atoms with Gasteiger partial charge in [0.25, 0.3) is 0 Å². The van der Waals surface area contributed by atoms with Gasteiger partial charge in [0.05, 0.1) is 12.7 Å². The summed E-state index contributed by atoms with van der Waals surface area (Å²) in [5.41, 5.74) is 0. The molecule has 2 rings (SSSR count). The minimum Gasteiger partial charge on any atom is -0.328 e. The maximum absolute atomic E-state index is 5.88. The van der Waals surface area contributed by atoms with Crippen LogP contribution in [0.2, 0.25) is 5.15 Å². The van der Waals surface area contributed by atoms with Crippen LogP contribution >= 0.6 is 11.6 Å². The second-order valence-corrected chi connectivity index (χ2v) is 3.55. The maximum atomic E-state index is 5.88. The molecule has 0 spiro atoms. The lowest BCUT2D eigenvalue weighted by Crippen LogP contribution is -2.06. The van der Waals surface area contributed by atoms with Gasteiger partial charge in [0.15, 0.2) is 0 Å². The molecule has 0 atom stereocenters. The molecule has 4 nitrogen and oxygen atoms in total. The zero-order valence-electron chi connectivity index (χ0n) is 8.11. The molecule has 0 radical (unpaired) electrons. The third-order valence-electron chi connectivity index (χ3n) is 2.26. The summed E-state index contributed by atoms with van der Waals surface area (Å²) in [6.45, 7) is 2.67. The van der Waals surface area contributed by atoms with E-state index in [0.29, 0.717) is 11.7 Å². The Kier molecular flexibility index (Phi) is 2.29. The Bertz CT molecular complexity index is 443. The SMILES string of the molecule is Cc1nccn1Cc1ncc(Cl)n1C. The van der Waals surface area contributed by atoms with Gasteiger partial charge >= 0.3 is 0 Å². The molecule has 0 amide bonds. The highest BCUT2D eigenvalue weighted by Gasteiger charge is 2.05. The van der Waals surface area contributed by atoms with Crippen LogP contribution in [0.5, 0.6) is 0 Å². The molecule has 0 saturated heterocycles. The lowest BCUT2D eigenvalue weighted by atomic mass is 10.5. The van der Waals surface area contributed by atoms with E-state index in [-0.39, 0.29) is 0 Å². The number of hydrogen-bond donors (Lipinski definition) is 0. The molecule has 14 heavy (non-hydrogen) atoms. The predicted molar refractivity (Wildman–Crippen MR) is 54.3 cm³/mol. The Hall–Kier alpha value is -1.29. The first kappa shape index (κ1) is 9.27. The molecule has 74 valence electrons. The van der Waals surface area contributed by atoms with E-state index >= 15 is 0 Å². The van der Waals surface area contributed by atoms with Gasteiger partial charge in [-0.15, -0.1) is 0 Å². The molecule has 0 aliphatic heterocycles. The quantitative estimate of drug-likeness (QED) is 0.755. The summed E-state index contributed by atoms with van der Waals surface area (Å²) in [5.74, 6) is 1.90. The Morgan fingerprint density at radius 1 is 1.43 bits per heavy atom. The number of imidazole rings is 2. The molecule has 5 heteroatoms. The van der Waals surface area contributed by atoms with E-state index in [1.807, 2.05) is 29.3 Å². The summed E-state index contributed by atoms with van der Waals surface area (Å²) in [6.07, 6.45) is 5.36. The van der Waals surface area contributed by atoms with Crippen molar-refractivity contribution in [2.75, 3.05) is 0 Å². The van der Waals surface area contributed by atoms with Gasteiger partial charge in [-0.2, -0.15) is 0 Å². The number of hydrogen-bond acceptors (Lipinski definition) is 2. The highest BCUT2D eigenvalue weighted by molar-refractivity contribution is 6.29. The summed E-state index contributed by atoms with van der Waals surface area (Å²) in [5, 5.41) is 0.651. The van der Waals surface area contributed by atoms with E-state index < -0.39 is 0 Å². The van der Waals surface area contributed by atoms with Crippen molar-refractivity contribution in [3.8, 4) is 0 Å². The monoisotopic (exact) mass is 210 g/mol. The molecule has 2 heterocycles. The van der Waals surface area contributed by atoms with Crippen molar-refractivity contribution in [1.29, 1.82) is 0 Å². The molecule has 0 unspecified atom stereocenters. The van der Waals surface area contributed by atoms with E-state index in [2.05, 4.69) is 9.97 Å². The fourth-order valence-electron chi connectivity index (χ4n) is 1.29. The van der Waals surface area contributed by atoms with E-state index in [9.17, 15) is 0 Å². The van der Waals surface area contributed by atoms with Crippen LogP contribution in [0.3, 0.4) is 0 Å². The van der Waals surface area contributed by atoms with Crippen molar-refractivity contribution < 1.29 is 0 Å². The zero-order valence-corrected chi connectivity index (χ0v) is 8.86. The minimum absolute atomic E-state index is 0.651. The van der Waals surface area contributed by atoms with Crippen LogP contribution in [0, 0.1) is 6.92 Å². The van der Waals surface area contributed by atoms with Gasteiger partial charge in [0.2, 0.25) is 0 Å².